The van der Waals surface area contributed by atoms with E-state index in [1.54, 1.807) is 18.2 Å². The molecule has 5 nitrogen and oxygen atoms in total. The van der Waals surface area contributed by atoms with Crippen molar-refractivity contribution in [3.05, 3.63) is 59.4 Å². The van der Waals surface area contributed by atoms with E-state index < -0.39 is 0 Å². The predicted molar refractivity (Wildman–Crippen MR) is 112 cm³/mol. The summed E-state index contributed by atoms with van der Waals surface area (Å²) < 4.78 is 13.2. The summed E-state index contributed by atoms with van der Waals surface area (Å²) in [5, 5.41) is 6.98. The number of nitrogens with one attached hydrogen (secondary N) is 2. The van der Waals surface area contributed by atoms with E-state index >= 15 is 0 Å². The van der Waals surface area contributed by atoms with Crippen molar-refractivity contribution in [2.24, 2.45) is 0 Å². The summed E-state index contributed by atoms with van der Waals surface area (Å²) in [5.41, 5.74) is 1.85. The molecule has 0 spiro atoms. The maximum absolute atomic E-state index is 13.2. The van der Waals surface area contributed by atoms with Crippen LogP contribution in [0.4, 0.5) is 21.6 Å². The normalized spacial score (nSPS) is 13.7. The fourth-order valence-corrected chi connectivity index (χ4v) is 3.59. The van der Waals surface area contributed by atoms with Crippen molar-refractivity contribution in [2.75, 3.05) is 35.2 Å². The van der Waals surface area contributed by atoms with Gasteiger partial charge in [-0.1, -0.05) is 17.7 Å². The fourth-order valence-electron chi connectivity index (χ4n) is 3.38. The average molecular weight is 399 g/mol. The minimum atomic E-state index is -0.359. The molecule has 1 aliphatic heterocycles. The molecule has 0 bridgehead atoms. The lowest BCUT2D eigenvalue weighted by Crippen LogP contribution is -2.22. The molecule has 0 atom stereocenters. The van der Waals surface area contributed by atoms with Gasteiger partial charge in [-0.2, -0.15) is 0 Å². The number of amides is 1. The topological polar surface area (TPSA) is 57.3 Å². The third kappa shape index (κ3) is 4.02. The molecular formula is C21H20ClFN4O. The number of anilines is 3. The Kier molecular flexibility index (Phi) is 5.30. The number of carbonyl (C=O) groups excluding carboxylic acids is 1. The highest BCUT2D eigenvalue weighted by Gasteiger charge is 2.16. The summed E-state index contributed by atoms with van der Waals surface area (Å²) in [4.78, 5) is 19.4. The lowest BCUT2D eigenvalue weighted by Gasteiger charge is -2.18. The lowest BCUT2D eigenvalue weighted by atomic mass is 10.1. The lowest BCUT2D eigenvalue weighted by molar-refractivity contribution is -0.114. The van der Waals surface area contributed by atoms with Crippen molar-refractivity contribution >= 4 is 45.6 Å². The molecule has 1 saturated heterocycles. The van der Waals surface area contributed by atoms with Crippen molar-refractivity contribution in [3.8, 4) is 0 Å². The summed E-state index contributed by atoms with van der Waals surface area (Å²) in [6, 6.07) is 13.5. The fraction of sp³-hybridized carbons (Fsp3) is 0.238. The molecule has 28 heavy (non-hydrogen) atoms. The van der Waals surface area contributed by atoms with Crippen LogP contribution >= 0.6 is 11.6 Å². The Morgan fingerprint density at radius 1 is 1.14 bits per heavy atom. The van der Waals surface area contributed by atoms with E-state index in [2.05, 4.69) is 15.5 Å². The van der Waals surface area contributed by atoms with Gasteiger partial charge in [0.1, 0.15) is 11.6 Å². The molecule has 1 amide bonds. The molecule has 0 unspecified atom stereocenters. The SMILES string of the molecule is O=C(CNc1cccc(F)c1)Nc1c(Cl)ccc2nc(N3CCCC3)ccc12. The number of nitrogens with zero attached hydrogens (tertiary/aromatic N) is 2. The molecule has 0 radical (unpaired) electrons. The summed E-state index contributed by atoms with van der Waals surface area (Å²) in [5.74, 6) is 0.307. The van der Waals surface area contributed by atoms with Crippen molar-refractivity contribution < 1.29 is 9.18 Å². The monoisotopic (exact) mass is 398 g/mol. The van der Waals surface area contributed by atoms with Crippen molar-refractivity contribution in [3.63, 3.8) is 0 Å². The van der Waals surface area contributed by atoms with Crippen molar-refractivity contribution in [1.82, 2.24) is 4.98 Å². The number of aromatic nitrogens is 1. The molecular weight excluding hydrogens is 379 g/mol. The van der Waals surface area contributed by atoms with Crippen LogP contribution in [0, 0.1) is 5.82 Å². The number of pyridine rings is 1. The van der Waals surface area contributed by atoms with Gasteiger partial charge in [-0.15, -0.1) is 0 Å². The number of carbonyl (C=O) groups is 1. The van der Waals surface area contributed by atoms with E-state index in [-0.39, 0.29) is 18.3 Å². The minimum absolute atomic E-state index is 0.00450. The maximum Gasteiger partial charge on any atom is 0.243 e. The zero-order valence-corrected chi connectivity index (χ0v) is 16.0. The number of benzene rings is 2. The number of fused-ring (bicyclic) bond motifs is 1. The van der Waals surface area contributed by atoms with Crippen LogP contribution in [0.5, 0.6) is 0 Å². The first-order valence-corrected chi connectivity index (χ1v) is 9.61. The molecule has 1 aromatic heterocycles. The first-order valence-electron chi connectivity index (χ1n) is 9.24. The smallest absolute Gasteiger partial charge is 0.243 e. The highest BCUT2D eigenvalue weighted by Crippen LogP contribution is 2.32. The Bertz CT molecular complexity index is 1020. The van der Waals surface area contributed by atoms with Crippen LogP contribution in [-0.4, -0.2) is 30.5 Å². The van der Waals surface area contributed by atoms with E-state index in [0.717, 1.165) is 29.8 Å². The standard InChI is InChI=1S/C21H20ClFN4O/c22-17-7-8-18-16(6-9-19(25-18)27-10-1-2-11-27)21(17)26-20(28)13-24-15-5-3-4-14(23)12-15/h3-9,12,24H,1-2,10-11,13H2,(H,26,28). The Morgan fingerprint density at radius 2 is 1.96 bits per heavy atom. The molecule has 2 heterocycles. The van der Waals surface area contributed by atoms with Gasteiger partial charge >= 0.3 is 0 Å². The van der Waals surface area contributed by atoms with Gasteiger partial charge in [0.05, 0.1) is 22.8 Å². The van der Waals surface area contributed by atoms with Gasteiger partial charge in [0, 0.05) is 24.2 Å². The number of halogens is 2. The number of hydrogen-bond donors (Lipinski definition) is 2. The summed E-state index contributed by atoms with van der Waals surface area (Å²) >= 11 is 6.33. The maximum atomic E-state index is 13.2. The molecule has 4 rings (SSSR count). The second-order valence-electron chi connectivity index (χ2n) is 6.76. The summed E-state index contributed by atoms with van der Waals surface area (Å²) in [6.07, 6.45) is 2.36. The molecule has 2 aromatic carbocycles. The van der Waals surface area contributed by atoms with Crippen LogP contribution in [0.25, 0.3) is 10.9 Å². The number of hydrogen-bond acceptors (Lipinski definition) is 4. The van der Waals surface area contributed by atoms with Gasteiger partial charge in [0.25, 0.3) is 0 Å². The Hall–Kier alpha value is -2.86. The molecule has 1 fully saturated rings. The summed E-state index contributed by atoms with van der Waals surface area (Å²) in [7, 11) is 0. The van der Waals surface area contributed by atoms with Crippen LogP contribution in [0.1, 0.15) is 12.8 Å². The highest BCUT2D eigenvalue weighted by molar-refractivity contribution is 6.35. The van der Waals surface area contributed by atoms with Crippen LogP contribution in [0.2, 0.25) is 5.02 Å². The number of rotatable bonds is 5. The molecule has 144 valence electrons. The van der Waals surface area contributed by atoms with Crippen LogP contribution in [-0.2, 0) is 4.79 Å². The van der Waals surface area contributed by atoms with E-state index in [1.807, 2.05) is 18.2 Å². The third-order valence-electron chi connectivity index (χ3n) is 4.78. The van der Waals surface area contributed by atoms with Crippen molar-refractivity contribution in [1.29, 1.82) is 0 Å². The van der Waals surface area contributed by atoms with Gasteiger partial charge in [0.15, 0.2) is 0 Å². The Morgan fingerprint density at radius 3 is 2.75 bits per heavy atom. The molecule has 3 aromatic rings. The zero-order chi connectivity index (χ0) is 19.5. The highest BCUT2D eigenvalue weighted by atomic mass is 35.5. The summed E-state index contributed by atoms with van der Waals surface area (Å²) in [6.45, 7) is 2.03. The molecule has 0 saturated carbocycles. The van der Waals surface area contributed by atoms with Crippen LogP contribution in [0.3, 0.4) is 0 Å². The quantitative estimate of drug-likeness (QED) is 0.655. The third-order valence-corrected chi connectivity index (χ3v) is 5.09. The first-order chi connectivity index (χ1) is 13.6. The molecule has 2 N–H and O–H groups in total. The Labute approximate surface area is 167 Å². The van der Waals surface area contributed by atoms with Gasteiger partial charge in [-0.05, 0) is 55.3 Å². The van der Waals surface area contributed by atoms with Gasteiger partial charge < -0.3 is 15.5 Å². The predicted octanol–water partition coefficient (Wildman–Crippen LogP) is 4.68. The molecule has 0 aliphatic carbocycles. The van der Waals surface area contributed by atoms with E-state index in [0.29, 0.717) is 16.4 Å². The average Bonchev–Trinajstić information content (AvgIpc) is 3.23. The first kappa shape index (κ1) is 18.5. The van der Waals surface area contributed by atoms with E-state index in [9.17, 15) is 9.18 Å². The van der Waals surface area contributed by atoms with Crippen molar-refractivity contribution in [2.45, 2.75) is 12.8 Å². The molecule has 1 aliphatic rings. The molecule has 7 heteroatoms. The second-order valence-corrected chi connectivity index (χ2v) is 7.17. The van der Waals surface area contributed by atoms with E-state index in [4.69, 9.17) is 16.6 Å². The van der Waals surface area contributed by atoms with Gasteiger partial charge in [-0.3, -0.25) is 4.79 Å². The second kappa shape index (κ2) is 8.02. The minimum Gasteiger partial charge on any atom is -0.376 e. The van der Waals surface area contributed by atoms with Crippen LogP contribution < -0.4 is 15.5 Å². The van der Waals surface area contributed by atoms with E-state index in [1.165, 1.54) is 25.0 Å². The Balaban J connectivity index is 1.52. The largest absolute Gasteiger partial charge is 0.376 e. The zero-order valence-electron chi connectivity index (χ0n) is 15.2. The van der Waals surface area contributed by atoms with Gasteiger partial charge in [-0.25, -0.2) is 9.37 Å². The van der Waals surface area contributed by atoms with Gasteiger partial charge in [0.2, 0.25) is 5.91 Å². The van der Waals surface area contributed by atoms with Crippen LogP contribution in [0.15, 0.2) is 48.5 Å².